The molecule has 0 radical (unpaired) electrons. The zero-order valence-electron chi connectivity index (χ0n) is 16.1. The Bertz CT molecular complexity index is 1290. The number of carbonyl (C=O) groups excluding carboxylic acids is 1. The van der Waals surface area contributed by atoms with Crippen molar-refractivity contribution in [3.05, 3.63) is 95.5 Å². The standard InChI is InChI=1S/C23H15ClN6O/c24-19-12-17(7-6-16(19)13-25)28-23-27-11-9-20(30-23)22(31)29-21-14-26-10-8-18(21)15-4-2-1-3-5-15/h1-12,14H,(H,29,31)(H,27,28,30). The van der Waals surface area contributed by atoms with Gasteiger partial charge in [-0.25, -0.2) is 9.97 Å². The van der Waals surface area contributed by atoms with Gasteiger partial charge in [-0.1, -0.05) is 41.9 Å². The number of nitriles is 1. The van der Waals surface area contributed by atoms with Gasteiger partial charge in [0.25, 0.3) is 5.91 Å². The molecular formula is C23H15ClN6O. The van der Waals surface area contributed by atoms with Gasteiger partial charge in [0.2, 0.25) is 5.95 Å². The fraction of sp³-hybridized carbons (Fsp3) is 0. The van der Waals surface area contributed by atoms with Crippen molar-refractivity contribution in [2.45, 2.75) is 0 Å². The Morgan fingerprint density at radius 2 is 1.87 bits per heavy atom. The normalized spacial score (nSPS) is 10.2. The summed E-state index contributed by atoms with van der Waals surface area (Å²) in [5.41, 5.74) is 3.53. The van der Waals surface area contributed by atoms with Crippen molar-refractivity contribution in [3.63, 3.8) is 0 Å². The van der Waals surface area contributed by atoms with Gasteiger partial charge in [-0.2, -0.15) is 5.26 Å². The van der Waals surface area contributed by atoms with E-state index in [2.05, 4.69) is 25.6 Å². The summed E-state index contributed by atoms with van der Waals surface area (Å²) < 4.78 is 0. The summed E-state index contributed by atoms with van der Waals surface area (Å²) in [6, 6.07) is 19.9. The zero-order valence-corrected chi connectivity index (χ0v) is 16.8. The highest BCUT2D eigenvalue weighted by Crippen LogP contribution is 2.27. The first-order valence-electron chi connectivity index (χ1n) is 9.24. The van der Waals surface area contributed by atoms with Crippen molar-refractivity contribution in [3.8, 4) is 17.2 Å². The van der Waals surface area contributed by atoms with Crippen LogP contribution in [0.15, 0.2) is 79.3 Å². The van der Waals surface area contributed by atoms with Gasteiger partial charge in [-0.3, -0.25) is 9.78 Å². The molecule has 2 N–H and O–H groups in total. The van der Waals surface area contributed by atoms with Crippen LogP contribution >= 0.6 is 11.6 Å². The highest BCUT2D eigenvalue weighted by atomic mass is 35.5. The molecule has 8 heteroatoms. The van der Waals surface area contributed by atoms with Crippen LogP contribution in [0, 0.1) is 11.3 Å². The monoisotopic (exact) mass is 426 g/mol. The molecule has 0 aliphatic heterocycles. The number of hydrogen-bond acceptors (Lipinski definition) is 6. The maximum absolute atomic E-state index is 12.8. The molecule has 0 bridgehead atoms. The van der Waals surface area contributed by atoms with Crippen LogP contribution in [0.3, 0.4) is 0 Å². The molecule has 0 saturated heterocycles. The molecular weight excluding hydrogens is 412 g/mol. The van der Waals surface area contributed by atoms with Crippen molar-refractivity contribution in [2.24, 2.45) is 0 Å². The molecule has 4 rings (SSSR count). The summed E-state index contributed by atoms with van der Waals surface area (Å²) in [4.78, 5) is 25.4. The van der Waals surface area contributed by atoms with E-state index >= 15 is 0 Å². The smallest absolute Gasteiger partial charge is 0.274 e. The van der Waals surface area contributed by atoms with E-state index in [4.69, 9.17) is 16.9 Å². The molecule has 0 aliphatic rings. The third kappa shape index (κ3) is 4.66. The summed E-state index contributed by atoms with van der Waals surface area (Å²) in [7, 11) is 0. The number of aromatic nitrogens is 3. The minimum atomic E-state index is -0.395. The molecule has 31 heavy (non-hydrogen) atoms. The highest BCUT2D eigenvalue weighted by Gasteiger charge is 2.13. The number of benzene rings is 2. The van der Waals surface area contributed by atoms with Gasteiger partial charge >= 0.3 is 0 Å². The Balaban J connectivity index is 1.55. The molecule has 0 fully saturated rings. The predicted octanol–water partition coefficient (Wildman–Crippen LogP) is 5.06. The number of nitrogens with zero attached hydrogens (tertiary/aromatic N) is 4. The highest BCUT2D eigenvalue weighted by molar-refractivity contribution is 6.32. The lowest BCUT2D eigenvalue weighted by molar-refractivity contribution is 0.102. The summed E-state index contributed by atoms with van der Waals surface area (Å²) in [6.07, 6.45) is 4.75. The van der Waals surface area contributed by atoms with Crippen LogP contribution < -0.4 is 10.6 Å². The molecule has 0 atom stereocenters. The van der Waals surface area contributed by atoms with Crippen LogP contribution in [0.1, 0.15) is 16.1 Å². The number of pyridine rings is 1. The van der Waals surface area contributed by atoms with Gasteiger partial charge in [0.15, 0.2) is 0 Å². The third-order valence-electron chi connectivity index (χ3n) is 4.39. The van der Waals surface area contributed by atoms with Gasteiger partial charge in [0, 0.05) is 23.6 Å². The van der Waals surface area contributed by atoms with Crippen molar-refractivity contribution >= 4 is 34.8 Å². The number of halogens is 1. The summed E-state index contributed by atoms with van der Waals surface area (Å²) in [5, 5.41) is 15.1. The summed E-state index contributed by atoms with van der Waals surface area (Å²) in [6.45, 7) is 0. The SMILES string of the molecule is N#Cc1ccc(Nc2nccc(C(=O)Nc3cnccc3-c3ccccc3)n2)cc1Cl. The lowest BCUT2D eigenvalue weighted by atomic mass is 10.1. The van der Waals surface area contributed by atoms with Crippen LogP contribution in [-0.4, -0.2) is 20.9 Å². The Morgan fingerprint density at radius 1 is 1.03 bits per heavy atom. The molecule has 0 aliphatic carbocycles. The molecule has 0 unspecified atom stereocenters. The topological polar surface area (TPSA) is 104 Å². The average molecular weight is 427 g/mol. The van der Waals surface area contributed by atoms with E-state index < -0.39 is 5.91 Å². The molecule has 2 heterocycles. The molecule has 1 amide bonds. The van der Waals surface area contributed by atoms with E-state index in [-0.39, 0.29) is 11.6 Å². The second-order valence-corrected chi connectivity index (χ2v) is 6.85. The Labute approximate surface area is 183 Å². The summed E-state index contributed by atoms with van der Waals surface area (Å²) >= 11 is 6.06. The molecule has 2 aromatic heterocycles. The minimum absolute atomic E-state index is 0.181. The molecule has 0 saturated carbocycles. The van der Waals surface area contributed by atoms with E-state index in [1.807, 2.05) is 42.5 Å². The van der Waals surface area contributed by atoms with Crippen LogP contribution in [0.2, 0.25) is 5.02 Å². The minimum Gasteiger partial charge on any atom is -0.324 e. The maximum Gasteiger partial charge on any atom is 0.274 e. The zero-order chi connectivity index (χ0) is 21.6. The number of rotatable bonds is 5. The van der Waals surface area contributed by atoms with E-state index in [9.17, 15) is 4.79 Å². The Morgan fingerprint density at radius 3 is 2.65 bits per heavy atom. The predicted molar refractivity (Wildman–Crippen MR) is 119 cm³/mol. The Kier molecular flexibility index (Phi) is 5.83. The van der Waals surface area contributed by atoms with Crippen LogP contribution in [0.4, 0.5) is 17.3 Å². The first kappa shape index (κ1) is 20.0. The molecule has 4 aromatic rings. The van der Waals surface area contributed by atoms with Crippen LogP contribution in [0.5, 0.6) is 0 Å². The lowest BCUT2D eigenvalue weighted by Crippen LogP contribution is -2.15. The summed E-state index contributed by atoms with van der Waals surface area (Å²) in [5.74, 6) is -0.170. The molecule has 2 aromatic carbocycles. The molecule has 7 nitrogen and oxygen atoms in total. The molecule has 150 valence electrons. The van der Waals surface area contributed by atoms with E-state index in [0.29, 0.717) is 22.0 Å². The van der Waals surface area contributed by atoms with Gasteiger partial charge < -0.3 is 10.6 Å². The fourth-order valence-corrected chi connectivity index (χ4v) is 3.13. The fourth-order valence-electron chi connectivity index (χ4n) is 2.91. The second-order valence-electron chi connectivity index (χ2n) is 6.44. The number of amides is 1. The van der Waals surface area contributed by atoms with E-state index in [1.165, 1.54) is 12.3 Å². The average Bonchev–Trinajstić information content (AvgIpc) is 2.80. The second kappa shape index (κ2) is 9.03. The van der Waals surface area contributed by atoms with Gasteiger partial charge in [0.1, 0.15) is 11.8 Å². The quantitative estimate of drug-likeness (QED) is 0.462. The number of hydrogen-bond donors (Lipinski definition) is 2. The Hall–Kier alpha value is -4.28. The van der Waals surface area contributed by atoms with Crippen molar-refractivity contribution in [1.29, 1.82) is 5.26 Å². The largest absolute Gasteiger partial charge is 0.324 e. The van der Waals surface area contributed by atoms with Gasteiger partial charge in [-0.05, 0) is 35.9 Å². The van der Waals surface area contributed by atoms with Crippen molar-refractivity contribution in [2.75, 3.05) is 10.6 Å². The van der Waals surface area contributed by atoms with Crippen LogP contribution in [-0.2, 0) is 0 Å². The molecule has 0 spiro atoms. The van der Waals surface area contributed by atoms with E-state index in [1.54, 1.807) is 30.6 Å². The maximum atomic E-state index is 12.8. The van der Waals surface area contributed by atoms with Crippen molar-refractivity contribution in [1.82, 2.24) is 15.0 Å². The van der Waals surface area contributed by atoms with Gasteiger partial charge in [-0.15, -0.1) is 0 Å². The van der Waals surface area contributed by atoms with Crippen LogP contribution in [0.25, 0.3) is 11.1 Å². The third-order valence-corrected chi connectivity index (χ3v) is 4.70. The number of nitrogens with one attached hydrogen (secondary N) is 2. The van der Waals surface area contributed by atoms with E-state index in [0.717, 1.165) is 11.1 Å². The number of anilines is 3. The van der Waals surface area contributed by atoms with Crippen molar-refractivity contribution < 1.29 is 4.79 Å². The first-order chi connectivity index (χ1) is 15.1. The first-order valence-corrected chi connectivity index (χ1v) is 9.62. The van der Waals surface area contributed by atoms with Gasteiger partial charge in [0.05, 0.1) is 22.5 Å². The number of carbonyl (C=O) groups is 1. The lowest BCUT2D eigenvalue weighted by Gasteiger charge is -2.11.